The first-order valence-electron chi connectivity index (χ1n) is 13.0. The molecule has 0 bridgehead atoms. The molecule has 0 radical (unpaired) electrons. The van der Waals surface area contributed by atoms with Crippen molar-refractivity contribution in [3.05, 3.63) is 59.9 Å². The van der Waals surface area contributed by atoms with Crippen molar-refractivity contribution in [1.82, 2.24) is 15.6 Å². The van der Waals surface area contributed by atoms with E-state index in [2.05, 4.69) is 29.5 Å². The van der Waals surface area contributed by atoms with Crippen LogP contribution in [0.2, 0.25) is 0 Å². The first kappa shape index (κ1) is 26.1. The molecule has 36 heavy (non-hydrogen) atoms. The number of fused-ring (bicyclic) bond motifs is 1. The molecule has 2 fully saturated rings. The third-order valence-corrected chi connectivity index (χ3v) is 8.78. The van der Waals surface area contributed by atoms with Crippen molar-refractivity contribution < 1.29 is 19.4 Å². The van der Waals surface area contributed by atoms with Gasteiger partial charge in [0.25, 0.3) is 5.91 Å². The molecule has 1 aromatic heterocycles. The van der Waals surface area contributed by atoms with E-state index in [9.17, 15) is 14.7 Å². The summed E-state index contributed by atoms with van der Waals surface area (Å²) in [6.07, 6.45) is 4.73. The van der Waals surface area contributed by atoms with Crippen molar-refractivity contribution in [3.8, 4) is 5.75 Å². The maximum Gasteiger partial charge on any atom is 0.251 e. The largest absolute Gasteiger partial charge is 0.497 e. The Labute approximate surface area is 214 Å². The van der Waals surface area contributed by atoms with Crippen LogP contribution in [-0.2, 0) is 11.3 Å². The van der Waals surface area contributed by atoms with Gasteiger partial charge >= 0.3 is 0 Å². The number of hydrogen-bond acceptors (Lipinski definition) is 5. The number of benzene rings is 1. The van der Waals surface area contributed by atoms with Gasteiger partial charge in [-0.1, -0.05) is 26.8 Å². The fourth-order valence-electron chi connectivity index (χ4n) is 6.53. The Hall–Kier alpha value is -2.93. The average molecular weight is 494 g/mol. The van der Waals surface area contributed by atoms with E-state index in [1.54, 1.807) is 37.6 Å². The Morgan fingerprint density at radius 2 is 1.89 bits per heavy atom. The number of carbonyl (C=O) groups is 2. The van der Waals surface area contributed by atoms with Crippen LogP contribution >= 0.6 is 0 Å². The quantitative estimate of drug-likeness (QED) is 0.542. The molecule has 7 nitrogen and oxygen atoms in total. The van der Waals surface area contributed by atoms with Crippen molar-refractivity contribution >= 4 is 11.8 Å². The topological polar surface area (TPSA) is 101 Å². The van der Waals surface area contributed by atoms with Gasteiger partial charge in [0.15, 0.2) is 0 Å². The number of nitrogens with one attached hydrogen (secondary N) is 2. The van der Waals surface area contributed by atoms with Gasteiger partial charge in [-0.15, -0.1) is 0 Å². The number of aliphatic hydroxyl groups excluding tert-OH is 1. The molecule has 2 saturated carbocycles. The zero-order valence-electron chi connectivity index (χ0n) is 21.7. The van der Waals surface area contributed by atoms with Gasteiger partial charge in [0.05, 0.1) is 25.5 Å². The van der Waals surface area contributed by atoms with Crippen molar-refractivity contribution in [2.45, 2.75) is 65.1 Å². The summed E-state index contributed by atoms with van der Waals surface area (Å²) in [6, 6.07) is 12.7. The number of aliphatic hydroxyl groups is 1. The number of nitrogens with zero attached hydrogens (tertiary/aromatic N) is 1. The Kier molecular flexibility index (Phi) is 7.98. The Morgan fingerprint density at radius 1 is 1.17 bits per heavy atom. The lowest BCUT2D eigenvalue weighted by molar-refractivity contribution is -0.142. The second-order valence-electron chi connectivity index (χ2n) is 10.9. The number of ether oxygens (including phenoxy) is 1. The van der Waals surface area contributed by atoms with Crippen LogP contribution in [0.5, 0.6) is 5.75 Å². The predicted octanol–water partition coefficient (Wildman–Crippen LogP) is 3.96. The molecule has 1 heterocycles. The van der Waals surface area contributed by atoms with Crippen LogP contribution in [0.1, 0.15) is 62.5 Å². The standard InChI is InChI=1S/C29H39N3O4/c1-18(27(34)31-17-21-7-5-6-16-30-21)23-12-14-29(3)15-13-24(19(2)25(29)26(23)33)32-28(35)20-8-10-22(36-4)11-9-20/h5-11,16,18-19,23-26,33H,12-15,17H2,1-4H3,(H,31,34)(H,32,35)/t18-,19+,23-,24-,25+,26-,29-/m0/s1. The molecule has 3 N–H and O–H groups in total. The SMILES string of the molecule is COc1ccc(C(=O)N[C@H]2CC[C@]3(C)CC[C@@H]([C@H](C)C(=O)NCc4ccccn4)[C@H](O)[C@H]3[C@@H]2C)cc1. The van der Waals surface area contributed by atoms with E-state index in [0.29, 0.717) is 17.9 Å². The molecule has 2 amide bonds. The molecular formula is C29H39N3O4. The van der Waals surface area contributed by atoms with Crippen LogP contribution in [0.3, 0.4) is 0 Å². The van der Waals surface area contributed by atoms with Crippen molar-refractivity contribution in [2.75, 3.05) is 7.11 Å². The predicted molar refractivity (Wildman–Crippen MR) is 138 cm³/mol. The lowest BCUT2D eigenvalue weighted by Crippen LogP contribution is -2.58. The van der Waals surface area contributed by atoms with E-state index >= 15 is 0 Å². The van der Waals surface area contributed by atoms with Crippen LogP contribution in [0.4, 0.5) is 0 Å². The molecule has 7 atom stereocenters. The molecule has 194 valence electrons. The van der Waals surface area contributed by atoms with Gasteiger partial charge in [0.1, 0.15) is 5.75 Å². The van der Waals surface area contributed by atoms with E-state index in [-0.39, 0.29) is 46.9 Å². The van der Waals surface area contributed by atoms with Gasteiger partial charge in [-0.05, 0) is 85.3 Å². The van der Waals surface area contributed by atoms with E-state index in [1.807, 2.05) is 25.1 Å². The number of pyridine rings is 1. The summed E-state index contributed by atoms with van der Waals surface area (Å²) in [6.45, 7) is 6.70. The Bertz CT molecular complexity index is 1040. The summed E-state index contributed by atoms with van der Waals surface area (Å²) in [5.41, 5.74) is 1.41. The highest BCUT2D eigenvalue weighted by molar-refractivity contribution is 5.94. The van der Waals surface area contributed by atoms with E-state index in [0.717, 1.165) is 31.4 Å². The van der Waals surface area contributed by atoms with Crippen LogP contribution in [-0.4, -0.2) is 41.2 Å². The lowest BCUT2D eigenvalue weighted by Gasteiger charge is -2.56. The van der Waals surface area contributed by atoms with E-state index in [1.165, 1.54) is 0 Å². The fraction of sp³-hybridized carbons (Fsp3) is 0.552. The molecule has 0 saturated heterocycles. The smallest absolute Gasteiger partial charge is 0.251 e. The van der Waals surface area contributed by atoms with E-state index < -0.39 is 6.10 Å². The number of rotatable bonds is 7. The first-order chi connectivity index (χ1) is 17.2. The molecule has 0 aliphatic heterocycles. The number of amides is 2. The molecule has 1 aromatic carbocycles. The highest BCUT2D eigenvalue weighted by atomic mass is 16.5. The average Bonchev–Trinajstić information content (AvgIpc) is 2.89. The highest BCUT2D eigenvalue weighted by Crippen LogP contribution is 2.55. The molecule has 7 heteroatoms. The van der Waals surface area contributed by atoms with Crippen LogP contribution in [0.15, 0.2) is 48.7 Å². The normalized spacial score (nSPS) is 30.5. The van der Waals surface area contributed by atoms with Gasteiger partial charge in [0, 0.05) is 23.7 Å². The summed E-state index contributed by atoms with van der Waals surface area (Å²) < 4.78 is 5.19. The van der Waals surface area contributed by atoms with E-state index in [4.69, 9.17) is 4.74 Å². The second-order valence-corrected chi connectivity index (χ2v) is 10.9. The highest BCUT2D eigenvalue weighted by Gasteiger charge is 2.53. The Morgan fingerprint density at radius 3 is 2.56 bits per heavy atom. The summed E-state index contributed by atoms with van der Waals surface area (Å²) in [5.74, 6) is 0.219. The summed E-state index contributed by atoms with van der Waals surface area (Å²) in [7, 11) is 1.60. The van der Waals surface area contributed by atoms with Crippen molar-refractivity contribution in [1.29, 1.82) is 0 Å². The van der Waals surface area contributed by atoms with Gasteiger partial charge < -0.3 is 20.5 Å². The van der Waals surface area contributed by atoms with Crippen molar-refractivity contribution in [3.63, 3.8) is 0 Å². The second kappa shape index (κ2) is 11.0. The van der Waals surface area contributed by atoms with Crippen molar-refractivity contribution in [2.24, 2.45) is 29.1 Å². The lowest BCUT2D eigenvalue weighted by atomic mass is 9.51. The molecule has 2 aliphatic carbocycles. The summed E-state index contributed by atoms with van der Waals surface area (Å²) in [4.78, 5) is 30.2. The minimum absolute atomic E-state index is 0.000822. The van der Waals surface area contributed by atoms with Crippen LogP contribution in [0, 0.1) is 29.1 Å². The number of hydrogen-bond donors (Lipinski definition) is 3. The van der Waals surface area contributed by atoms with Crippen LogP contribution < -0.4 is 15.4 Å². The number of aromatic nitrogens is 1. The number of carbonyl (C=O) groups excluding carboxylic acids is 2. The molecule has 4 rings (SSSR count). The van der Waals surface area contributed by atoms with Gasteiger partial charge in [-0.25, -0.2) is 0 Å². The van der Waals surface area contributed by atoms with Crippen LogP contribution in [0.25, 0.3) is 0 Å². The van der Waals surface area contributed by atoms with Gasteiger partial charge in [-0.3, -0.25) is 14.6 Å². The molecular weight excluding hydrogens is 454 g/mol. The minimum atomic E-state index is -0.602. The maximum atomic E-state index is 13.0. The zero-order valence-corrected chi connectivity index (χ0v) is 21.7. The fourth-order valence-corrected chi connectivity index (χ4v) is 6.53. The third kappa shape index (κ3) is 5.41. The maximum absolute atomic E-state index is 13.0. The minimum Gasteiger partial charge on any atom is -0.497 e. The monoisotopic (exact) mass is 493 g/mol. The molecule has 2 aliphatic rings. The molecule has 0 spiro atoms. The molecule has 0 unspecified atom stereocenters. The Balaban J connectivity index is 1.41. The number of methoxy groups -OCH3 is 1. The summed E-state index contributed by atoms with van der Waals surface area (Å²) in [5, 5.41) is 17.8. The molecule has 2 aromatic rings. The van der Waals surface area contributed by atoms with Gasteiger partial charge in [0.2, 0.25) is 5.91 Å². The zero-order chi connectivity index (χ0) is 25.9. The third-order valence-electron chi connectivity index (χ3n) is 8.78. The summed E-state index contributed by atoms with van der Waals surface area (Å²) >= 11 is 0. The first-order valence-corrected chi connectivity index (χ1v) is 13.0. The van der Waals surface area contributed by atoms with Gasteiger partial charge in [-0.2, -0.15) is 0 Å².